The summed E-state index contributed by atoms with van der Waals surface area (Å²) in [4.78, 5) is 0. The van der Waals surface area contributed by atoms with Crippen LogP contribution in [0.1, 0.15) is 51.9 Å². The summed E-state index contributed by atoms with van der Waals surface area (Å²) in [6.45, 7) is 3.71. The maximum atomic E-state index is 10.7. The number of aliphatic hydroxyl groups is 1. The summed E-state index contributed by atoms with van der Waals surface area (Å²) in [6, 6.07) is 0. The molecule has 2 aliphatic rings. The average molecular weight is 256 g/mol. The molecule has 2 fully saturated rings. The summed E-state index contributed by atoms with van der Waals surface area (Å²) in [5.41, 5.74) is -0.345. The lowest BCUT2D eigenvalue weighted by Crippen LogP contribution is -2.52. The number of rotatable bonds is 4. The predicted octanol–water partition coefficient (Wildman–Crippen LogP) is 2.76. The van der Waals surface area contributed by atoms with E-state index in [-0.39, 0.29) is 11.7 Å². The van der Waals surface area contributed by atoms with Gasteiger partial charge in [-0.15, -0.1) is 0 Å². The Bertz CT molecular complexity index is 240. The van der Waals surface area contributed by atoms with Crippen molar-refractivity contribution in [3.63, 3.8) is 0 Å². The molecule has 18 heavy (non-hydrogen) atoms. The van der Waals surface area contributed by atoms with Gasteiger partial charge >= 0.3 is 0 Å². The molecular weight excluding hydrogens is 228 g/mol. The van der Waals surface area contributed by atoms with Gasteiger partial charge in [-0.25, -0.2) is 0 Å². The molecule has 1 saturated heterocycles. The molecule has 1 N–H and O–H groups in total. The highest BCUT2D eigenvalue weighted by Crippen LogP contribution is 2.39. The van der Waals surface area contributed by atoms with Crippen LogP contribution >= 0.6 is 0 Å². The smallest absolute Gasteiger partial charge is 0.0982 e. The van der Waals surface area contributed by atoms with Gasteiger partial charge in [0.2, 0.25) is 0 Å². The Kier molecular flexibility index (Phi) is 5.05. The first-order valence-corrected chi connectivity index (χ1v) is 7.53. The van der Waals surface area contributed by atoms with Crippen LogP contribution in [-0.2, 0) is 9.47 Å². The minimum absolute atomic E-state index is 0.316. The Morgan fingerprint density at radius 2 is 1.83 bits per heavy atom. The van der Waals surface area contributed by atoms with Crippen LogP contribution in [0.3, 0.4) is 0 Å². The van der Waals surface area contributed by atoms with Crippen molar-refractivity contribution in [3.8, 4) is 0 Å². The molecule has 1 aliphatic carbocycles. The fourth-order valence-corrected chi connectivity index (χ4v) is 3.68. The van der Waals surface area contributed by atoms with E-state index < -0.39 is 0 Å². The number of methoxy groups -OCH3 is 1. The van der Waals surface area contributed by atoms with Crippen molar-refractivity contribution < 1.29 is 14.6 Å². The van der Waals surface area contributed by atoms with Gasteiger partial charge in [-0.2, -0.15) is 0 Å². The van der Waals surface area contributed by atoms with E-state index >= 15 is 0 Å². The van der Waals surface area contributed by atoms with Crippen molar-refractivity contribution in [2.75, 3.05) is 20.3 Å². The van der Waals surface area contributed by atoms with Crippen molar-refractivity contribution in [1.29, 1.82) is 0 Å². The van der Waals surface area contributed by atoms with Gasteiger partial charge in [0.15, 0.2) is 0 Å². The second-order valence-corrected chi connectivity index (χ2v) is 6.02. The van der Waals surface area contributed by atoms with E-state index in [4.69, 9.17) is 9.47 Å². The number of ether oxygens (including phenoxy) is 2. The van der Waals surface area contributed by atoms with E-state index in [0.29, 0.717) is 5.92 Å². The van der Waals surface area contributed by atoms with Gasteiger partial charge in [-0.3, -0.25) is 0 Å². The zero-order valence-corrected chi connectivity index (χ0v) is 11.9. The summed E-state index contributed by atoms with van der Waals surface area (Å²) >= 11 is 0. The van der Waals surface area contributed by atoms with Crippen molar-refractivity contribution >= 4 is 0 Å². The van der Waals surface area contributed by atoms with Crippen LogP contribution in [-0.4, -0.2) is 37.1 Å². The quantitative estimate of drug-likeness (QED) is 0.840. The van der Waals surface area contributed by atoms with Crippen molar-refractivity contribution in [1.82, 2.24) is 0 Å². The molecule has 0 aromatic heterocycles. The fraction of sp³-hybridized carbons (Fsp3) is 1.00. The molecule has 3 nitrogen and oxygen atoms in total. The maximum absolute atomic E-state index is 10.7. The molecule has 1 unspecified atom stereocenters. The number of aliphatic hydroxyl groups excluding tert-OH is 1. The van der Waals surface area contributed by atoms with Gasteiger partial charge in [0.05, 0.1) is 11.7 Å². The molecule has 0 spiro atoms. The van der Waals surface area contributed by atoms with Gasteiger partial charge in [-0.05, 0) is 24.7 Å². The van der Waals surface area contributed by atoms with E-state index in [1.807, 2.05) is 0 Å². The lowest BCUT2D eigenvalue weighted by molar-refractivity contribution is -0.171. The first-order valence-electron chi connectivity index (χ1n) is 7.53. The Balaban J connectivity index is 1.94. The first-order chi connectivity index (χ1) is 8.72. The third-order valence-corrected chi connectivity index (χ3v) is 5.20. The van der Waals surface area contributed by atoms with E-state index in [1.54, 1.807) is 7.11 Å². The van der Waals surface area contributed by atoms with Crippen molar-refractivity contribution in [2.45, 2.75) is 63.6 Å². The second kappa shape index (κ2) is 6.36. The second-order valence-electron chi connectivity index (χ2n) is 6.02. The van der Waals surface area contributed by atoms with Gasteiger partial charge in [0.1, 0.15) is 0 Å². The highest BCUT2D eigenvalue weighted by atomic mass is 16.5. The van der Waals surface area contributed by atoms with Gasteiger partial charge < -0.3 is 14.6 Å². The Hall–Kier alpha value is -0.120. The van der Waals surface area contributed by atoms with E-state index in [1.165, 1.54) is 19.3 Å². The van der Waals surface area contributed by atoms with Crippen LogP contribution in [0.4, 0.5) is 0 Å². The molecule has 0 aromatic rings. The van der Waals surface area contributed by atoms with Gasteiger partial charge in [-0.1, -0.05) is 26.2 Å². The Labute approximate surface area is 111 Å². The van der Waals surface area contributed by atoms with Crippen molar-refractivity contribution in [3.05, 3.63) is 0 Å². The molecule has 0 radical (unpaired) electrons. The van der Waals surface area contributed by atoms with Gasteiger partial charge in [0.25, 0.3) is 0 Å². The lowest BCUT2D eigenvalue weighted by atomic mass is 9.72. The molecule has 0 amide bonds. The Morgan fingerprint density at radius 1 is 1.22 bits per heavy atom. The van der Waals surface area contributed by atoms with Crippen LogP contribution in [0.2, 0.25) is 0 Å². The topological polar surface area (TPSA) is 38.7 Å². The summed E-state index contributed by atoms with van der Waals surface area (Å²) in [5, 5.41) is 10.7. The van der Waals surface area contributed by atoms with E-state index in [2.05, 4.69) is 6.92 Å². The summed E-state index contributed by atoms with van der Waals surface area (Å²) in [5.74, 6) is 1.30. The van der Waals surface area contributed by atoms with Gasteiger partial charge in [0, 0.05) is 33.2 Å². The van der Waals surface area contributed by atoms with Crippen LogP contribution in [0.15, 0.2) is 0 Å². The fourth-order valence-electron chi connectivity index (χ4n) is 3.68. The highest BCUT2D eigenvalue weighted by Gasteiger charge is 2.44. The first kappa shape index (κ1) is 14.3. The zero-order valence-electron chi connectivity index (χ0n) is 11.9. The maximum Gasteiger partial charge on any atom is 0.0982 e. The third-order valence-electron chi connectivity index (χ3n) is 5.20. The number of hydrogen-bond acceptors (Lipinski definition) is 3. The van der Waals surface area contributed by atoms with Crippen LogP contribution in [0.5, 0.6) is 0 Å². The molecule has 3 heteroatoms. The normalized spacial score (nSPS) is 34.2. The largest absolute Gasteiger partial charge is 0.390 e. The SMILES string of the molecule is CCC1CCC(C(O)C2(OC)CCOCC2)CC1. The average Bonchev–Trinajstić information content (AvgIpc) is 2.47. The molecule has 1 saturated carbocycles. The number of hydrogen-bond donors (Lipinski definition) is 1. The van der Waals surface area contributed by atoms with Crippen LogP contribution < -0.4 is 0 Å². The van der Waals surface area contributed by atoms with Crippen molar-refractivity contribution in [2.24, 2.45) is 11.8 Å². The lowest BCUT2D eigenvalue weighted by Gasteiger charge is -2.44. The molecule has 1 aliphatic heterocycles. The summed E-state index contributed by atoms with van der Waals surface area (Å²) in [6.07, 6.45) is 7.49. The zero-order chi connectivity index (χ0) is 13.0. The highest BCUT2D eigenvalue weighted by molar-refractivity contribution is 4.95. The summed E-state index contributed by atoms with van der Waals surface area (Å²) < 4.78 is 11.1. The van der Waals surface area contributed by atoms with Crippen LogP contribution in [0, 0.1) is 11.8 Å². The molecule has 106 valence electrons. The standard InChI is InChI=1S/C15H28O3/c1-3-12-4-6-13(7-5-12)14(16)15(17-2)8-10-18-11-9-15/h12-14,16H,3-11H2,1-2H3. The summed E-state index contributed by atoms with van der Waals surface area (Å²) in [7, 11) is 1.74. The molecule has 0 bridgehead atoms. The third kappa shape index (κ3) is 2.89. The molecular formula is C15H28O3. The predicted molar refractivity (Wildman–Crippen MR) is 71.5 cm³/mol. The molecule has 1 heterocycles. The molecule has 2 rings (SSSR count). The monoisotopic (exact) mass is 256 g/mol. The molecule has 0 aromatic carbocycles. The minimum atomic E-state index is -0.345. The minimum Gasteiger partial charge on any atom is -0.390 e. The van der Waals surface area contributed by atoms with E-state index in [0.717, 1.165) is 44.8 Å². The van der Waals surface area contributed by atoms with Crippen LogP contribution in [0.25, 0.3) is 0 Å². The molecule has 1 atom stereocenters. The Morgan fingerprint density at radius 3 is 2.33 bits per heavy atom. The van der Waals surface area contributed by atoms with E-state index in [9.17, 15) is 5.11 Å².